The van der Waals surface area contributed by atoms with Gasteiger partial charge in [0.2, 0.25) is 12.2 Å². The molecule has 1 aromatic rings. The van der Waals surface area contributed by atoms with Gasteiger partial charge in [0.1, 0.15) is 54.6 Å². The van der Waals surface area contributed by atoms with Crippen LogP contribution in [0.3, 0.4) is 0 Å². The molecule has 13 nitrogen and oxygen atoms in total. The molecule has 0 aliphatic carbocycles. The van der Waals surface area contributed by atoms with Crippen LogP contribution in [0.1, 0.15) is 6.92 Å². The first-order chi connectivity index (χ1) is 15.7. The molecule has 8 N–H and O–H groups in total. The van der Waals surface area contributed by atoms with Crippen molar-refractivity contribution in [3.05, 3.63) is 24.3 Å². The number of carbonyl (C=O) groups excluding carboxylic acids is 1. The summed E-state index contributed by atoms with van der Waals surface area (Å²) in [6, 6.07) is 6.10. The third-order valence-corrected chi connectivity index (χ3v) is 5.39. The molecule has 2 aliphatic rings. The van der Waals surface area contributed by atoms with Gasteiger partial charge < -0.3 is 60.0 Å². The SMILES string of the molecule is CC(=O)Nc1ccc(O[C@H]2OC(CO)[C@@H](OC3OC(CO)C(O)C(O)[C@H]3O)C(O)C2O)cc1. The Hall–Kier alpha value is -1.91. The Kier molecular flexibility index (Phi) is 8.58. The largest absolute Gasteiger partial charge is 0.462 e. The summed E-state index contributed by atoms with van der Waals surface area (Å²) in [5.41, 5.74) is 0.515. The van der Waals surface area contributed by atoms with Crippen LogP contribution in [0.2, 0.25) is 0 Å². The molecular weight excluding hydrogens is 446 g/mol. The van der Waals surface area contributed by atoms with Crippen molar-refractivity contribution in [2.75, 3.05) is 18.5 Å². The van der Waals surface area contributed by atoms with Gasteiger partial charge in [0.05, 0.1) is 13.2 Å². The molecule has 2 aliphatic heterocycles. The van der Waals surface area contributed by atoms with E-state index in [1.54, 1.807) is 12.1 Å². The summed E-state index contributed by atoms with van der Waals surface area (Å²) in [5.74, 6) is -0.0144. The van der Waals surface area contributed by atoms with E-state index in [2.05, 4.69) is 5.32 Å². The highest BCUT2D eigenvalue weighted by atomic mass is 16.7. The highest BCUT2D eigenvalue weighted by Gasteiger charge is 2.51. The van der Waals surface area contributed by atoms with Crippen molar-refractivity contribution in [1.29, 1.82) is 0 Å². The number of rotatable bonds is 7. The van der Waals surface area contributed by atoms with Crippen LogP contribution < -0.4 is 10.1 Å². The van der Waals surface area contributed by atoms with Crippen molar-refractivity contribution in [3.8, 4) is 5.75 Å². The lowest BCUT2D eigenvalue weighted by Gasteiger charge is -2.45. The molecule has 0 saturated carbocycles. The second kappa shape index (κ2) is 11.0. The van der Waals surface area contributed by atoms with Crippen molar-refractivity contribution in [2.45, 2.75) is 68.3 Å². The maximum Gasteiger partial charge on any atom is 0.229 e. The Bertz CT molecular complexity index is 775. The molecule has 7 unspecified atom stereocenters. The van der Waals surface area contributed by atoms with Gasteiger partial charge in [0.15, 0.2) is 6.29 Å². The van der Waals surface area contributed by atoms with Gasteiger partial charge in [-0.05, 0) is 24.3 Å². The fourth-order valence-corrected chi connectivity index (χ4v) is 3.61. The monoisotopic (exact) mass is 475 g/mol. The standard InChI is InChI=1S/C20H29NO12/c1-8(24)21-9-2-4-10(5-3-9)30-19-17(29)15(27)18(12(7-23)32-19)33-20-16(28)14(26)13(25)11(6-22)31-20/h2-5,11-20,22-23,25-29H,6-7H2,1H3,(H,21,24)/t11?,12?,13?,14?,15?,16-,17?,18-,19+,20?/m1/s1. The van der Waals surface area contributed by atoms with Crippen LogP contribution in [0.4, 0.5) is 5.69 Å². The van der Waals surface area contributed by atoms with Crippen molar-refractivity contribution >= 4 is 11.6 Å². The molecule has 3 rings (SSSR count). The fourth-order valence-electron chi connectivity index (χ4n) is 3.61. The molecule has 33 heavy (non-hydrogen) atoms. The van der Waals surface area contributed by atoms with Crippen LogP contribution in [0, 0.1) is 0 Å². The molecule has 2 heterocycles. The van der Waals surface area contributed by atoms with Crippen LogP contribution >= 0.6 is 0 Å². The first-order valence-corrected chi connectivity index (χ1v) is 10.3. The van der Waals surface area contributed by atoms with E-state index in [1.807, 2.05) is 0 Å². The fraction of sp³-hybridized carbons (Fsp3) is 0.650. The maximum atomic E-state index is 11.1. The third-order valence-electron chi connectivity index (χ3n) is 5.39. The summed E-state index contributed by atoms with van der Waals surface area (Å²) in [6.45, 7) is 0.000118. The summed E-state index contributed by atoms with van der Waals surface area (Å²) in [7, 11) is 0. The highest BCUT2D eigenvalue weighted by molar-refractivity contribution is 5.88. The van der Waals surface area contributed by atoms with E-state index in [9.17, 15) is 40.5 Å². The molecule has 1 amide bonds. The number of ether oxygens (including phenoxy) is 4. The summed E-state index contributed by atoms with van der Waals surface area (Å²) in [5, 5.41) is 72.6. The Balaban J connectivity index is 1.68. The number of aliphatic hydroxyl groups is 7. The van der Waals surface area contributed by atoms with E-state index < -0.39 is 74.6 Å². The molecule has 0 radical (unpaired) electrons. The smallest absolute Gasteiger partial charge is 0.229 e. The molecule has 186 valence electrons. The van der Waals surface area contributed by atoms with Gasteiger partial charge >= 0.3 is 0 Å². The van der Waals surface area contributed by atoms with Gasteiger partial charge in [-0.25, -0.2) is 0 Å². The number of benzene rings is 1. The number of anilines is 1. The Morgan fingerprint density at radius 3 is 2.00 bits per heavy atom. The second-order valence-corrected chi connectivity index (χ2v) is 7.83. The minimum atomic E-state index is -1.75. The number of amides is 1. The van der Waals surface area contributed by atoms with Crippen molar-refractivity contribution in [2.24, 2.45) is 0 Å². The predicted octanol–water partition coefficient (Wildman–Crippen LogP) is -3.35. The number of hydrogen-bond acceptors (Lipinski definition) is 12. The van der Waals surface area contributed by atoms with Crippen LogP contribution in [0.25, 0.3) is 0 Å². The first kappa shape index (κ1) is 25.7. The topological polar surface area (TPSA) is 208 Å². The number of aliphatic hydroxyl groups excluding tert-OH is 7. The summed E-state index contributed by atoms with van der Waals surface area (Å²) < 4.78 is 21.8. The molecule has 0 aromatic heterocycles. The Morgan fingerprint density at radius 1 is 0.848 bits per heavy atom. The normalized spacial score (nSPS) is 39.2. The lowest BCUT2D eigenvalue weighted by Crippen LogP contribution is -2.65. The lowest BCUT2D eigenvalue weighted by molar-refractivity contribution is -0.352. The molecule has 0 spiro atoms. The van der Waals surface area contributed by atoms with Gasteiger partial charge in [-0.15, -0.1) is 0 Å². The molecule has 2 saturated heterocycles. The van der Waals surface area contributed by atoms with Crippen LogP contribution in [-0.4, -0.2) is 116 Å². The summed E-state index contributed by atoms with van der Waals surface area (Å²) in [6.07, 6.45) is -15.3. The van der Waals surface area contributed by atoms with Gasteiger partial charge in [0, 0.05) is 12.6 Å². The molecule has 10 atom stereocenters. The Labute approximate surface area is 188 Å². The van der Waals surface area contributed by atoms with Crippen LogP contribution in [0.5, 0.6) is 5.75 Å². The molecular formula is C20H29NO12. The zero-order chi connectivity index (χ0) is 24.3. The van der Waals surface area contributed by atoms with E-state index in [1.165, 1.54) is 19.1 Å². The van der Waals surface area contributed by atoms with Gasteiger partial charge in [0.25, 0.3) is 0 Å². The molecule has 1 aromatic carbocycles. The number of carbonyl (C=O) groups is 1. The molecule has 2 fully saturated rings. The highest BCUT2D eigenvalue weighted by Crippen LogP contribution is 2.30. The van der Waals surface area contributed by atoms with Crippen molar-refractivity contribution in [3.63, 3.8) is 0 Å². The maximum absolute atomic E-state index is 11.1. The van der Waals surface area contributed by atoms with Gasteiger partial charge in [-0.3, -0.25) is 4.79 Å². The number of nitrogens with one attached hydrogen (secondary N) is 1. The zero-order valence-electron chi connectivity index (χ0n) is 17.7. The minimum absolute atomic E-state index is 0.241. The quantitative estimate of drug-likeness (QED) is 0.195. The second-order valence-electron chi connectivity index (χ2n) is 7.83. The lowest BCUT2D eigenvalue weighted by atomic mass is 9.97. The first-order valence-electron chi connectivity index (χ1n) is 10.3. The average molecular weight is 475 g/mol. The third kappa shape index (κ3) is 5.78. The van der Waals surface area contributed by atoms with E-state index in [-0.39, 0.29) is 11.7 Å². The van der Waals surface area contributed by atoms with Crippen LogP contribution in [-0.2, 0) is 19.0 Å². The average Bonchev–Trinajstić information content (AvgIpc) is 2.79. The molecule has 0 bridgehead atoms. The van der Waals surface area contributed by atoms with E-state index in [0.717, 1.165) is 0 Å². The van der Waals surface area contributed by atoms with Crippen molar-refractivity contribution < 1.29 is 59.5 Å². The summed E-state index contributed by atoms with van der Waals surface area (Å²) >= 11 is 0. The predicted molar refractivity (Wildman–Crippen MR) is 108 cm³/mol. The summed E-state index contributed by atoms with van der Waals surface area (Å²) in [4.78, 5) is 11.1. The van der Waals surface area contributed by atoms with Crippen LogP contribution in [0.15, 0.2) is 24.3 Å². The van der Waals surface area contributed by atoms with Crippen molar-refractivity contribution in [1.82, 2.24) is 0 Å². The Morgan fingerprint density at radius 2 is 1.42 bits per heavy atom. The van der Waals surface area contributed by atoms with E-state index in [0.29, 0.717) is 5.69 Å². The zero-order valence-corrected chi connectivity index (χ0v) is 17.7. The minimum Gasteiger partial charge on any atom is -0.462 e. The van der Waals surface area contributed by atoms with Gasteiger partial charge in [-0.2, -0.15) is 0 Å². The van der Waals surface area contributed by atoms with E-state index in [4.69, 9.17) is 18.9 Å². The molecule has 13 heteroatoms. The van der Waals surface area contributed by atoms with E-state index >= 15 is 0 Å². The number of hydrogen-bond donors (Lipinski definition) is 8. The van der Waals surface area contributed by atoms with Gasteiger partial charge in [-0.1, -0.05) is 0 Å².